The fourth-order valence-electron chi connectivity index (χ4n) is 1.94. The summed E-state index contributed by atoms with van der Waals surface area (Å²) in [5.74, 6) is -0.224. The maximum absolute atomic E-state index is 12.5. The van der Waals surface area contributed by atoms with Crippen LogP contribution in [-0.4, -0.2) is 44.9 Å². The topological polar surface area (TPSA) is 75.7 Å². The highest BCUT2D eigenvalue weighted by Gasteiger charge is 2.26. The van der Waals surface area contributed by atoms with Gasteiger partial charge in [0.25, 0.3) is 0 Å². The Balaban J connectivity index is 2.30. The van der Waals surface area contributed by atoms with Crippen molar-refractivity contribution in [3.8, 4) is 0 Å². The summed E-state index contributed by atoms with van der Waals surface area (Å²) in [6.07, 6.45) is 0.288. The number of morpholine rings is 1. The van der Waals surface area contributed by atoms with Crippen molar-refractivity contribution in [3.05, 3.63) is 23.2 Å². The van der Waals surface area contributed by atoms with Crippen molar-refractivity contribution in [1.29, 1.82) is 0 Å². The third-order valence-electron chi connectivity index (χ3n) is 3.14. The Morgan fingerprint density at radius 1 is 1.38 bits per heavy atom. The van der Waals surface area contributed by atoms with E-state index in [0.717, 1.165) is 0 Å². The number of amides is 1. The molecule has 1 fully saturated rings. The van der Waals surface area contributed by atoms with Crippen LogP contribution in [0, 0.1) is 0 Å². The van der Waals surface area contributed by atoms with Crippen LogP contribution in [-0.2, 0) is 19.6 Å². The van der Waals surface area contributed by atoms with Gasteiger partial charge in [-0.3, -0.25) is 4.79 Å². The van der Waals surface area contributed by atoms with Gasteiger partial charge in [0.15, 0.2) is 0 Å². The SMILES string of the molecule is CCC(=O)Nc1cc(S(=O)(=O)N2CCOCC2)ccc1Cl. The van der Waals surface area contributed by atoms with Gasteiger partial charge in [-0.25, -0.2) is 8.42 Å². The lowest BCUT2D eigenvalue weighted by molar-refractivity contribution is -0.115. The molecule has 0 bridgehead atoms. The van der Waals surface area contributed by atoms with Gasteiger partial charge in [0.05, 0.1) is 28.8 Å². The van der Waals surface area contributed by atoms with Gasteiger partial charge >= 0.3 is 0 Å². The number of nitrogens with one attached hydrogen (secondary N) is 1. The molecule has 1 aromatic carbocycles. The largest absolute Gasteiger partial charge is 0.379 e. The average Bonchev–Trinajstić information content (AvgIpc) is 2.50. The van der Waals surface area contributed by atoms with E-state index in [1.807, 2.05) is 0 Å². The number of benzene rings is 1. The summed E-state index contributed by atoms with van der Waals surface area (Å²) in [5.41, 5.74) is 0.304. The molecule has 1 N–H and O–H groups in total. The minimum absolute atomic E-state index is 0.111. The maximum atomic E-state index is 12.5. The Labute approximate surface area is 129 Å². The standard InChI is InChI=1S/C13H17ClN2O4S/c1-2-13(17)15-12-9-10(3-4-11(12)14)21(18,19)16-5-7-20-8-6-16/h3-4,9H,2,5-8H2,1H3,(H,15,17). The van der Waals surface area contributed by atoms with Crippen molar-refractivity contribution in [3.63, 3.8) is 0 Å². The molecule has 21 heavy (non-hydrogen) atoms. The van der Waals surface area contributed by atoms with E-state index in [4.69, 9.17) is 16.3 Å². The number of rotatable bonds is 4. The zero-order valence-corrected chi connectivity index (χ0v) is 13.2. The van der Waals surface area contributed by atoms with Crippen LogP contribution in [0.2, 0.25) is 5.02 Å². The van der Waals surface area contributed by atoms with E-state index in [1.165, 1.54) is 22.5 Å². The van der Waals surface area contributed by atoms with Crippen LogP contribution < -0.4 is 5.32 Å². The third-order valence-corrected chi connectivity index (χ3v) is 5.37. The lowest BCUT2D eigenvalue weighted by Gasteiger charge is -2.26. The predicted molar refractivity (Wildman–Crippen MR) is 80.0 cm³/mol. The van der Waals surface area contributed by atoms with Gasteiger partial charge in [-0.2, -0.15) is 4.31 Å². The molecule has 8 heteroatoms. The monoisotopic (exact) mass is 332 g/mol. The number of hydrogen-bond acceptors (Lipinski definition) is 4. The van der Waals surface area contributed by atoms with Crippen LogP contribution in [0.3, 0.4) is 0 Å². The van der Waals surface area contributed by atoms with Gasteiger partial charge < -0.3 is 10.1 Å². The Morgan fingerprint density at radius 3 is 2.67 bits per heavy atom. The van der Waals surface area contributed by atoms with E-state index in [1.54, 1.807) is 6.92 Å². The van der Waals surface area contributed by atoms with Gasteiger partial charge in [0, 0.05) is 19.5 Å². The van der Waals surface area contributed by atoms with E-state index in [9.17, 15) is 13.2 Å². The highest BCUT2D eigenvalue weighted by Crippen LogP contribution is 2.27. The number of hydrogen-bond donors (Lipinski definition) is 1. The first-order chi connectivity index (χ1) is 9.95. The summed E-state index contributed by atoms with van der Waals surface area (Å²) in [4.78, 5) is 11.6. The predicted octanol–water partition coefficient (Wildman–Crippen LogP) is 1.71. The summed E-state index contributed by atoms with van der Waals surface area (Å²) in [5, 5.41) is 2.90. The molecule has 0 radical (unpaired) electrons. The van der Waals surface area contributed by atoms with Gasteiger partial charge in [0.2, 0.25) is 15.9 Å². The third kappa shape index (κ3) is 3.74. The number of ether oxygens (including phenoxy) is 1. The second-order valence-electron chi connectivity index (χ2n) is 4.56. The number of nitrogens with zero attached hydrogens (tertiary/aromatic N) is 1. The van der Waals surface area contributed by atoms with Crippen molar-refractivity contribution in [1.82, 2.24) is 4.31 Å². The van der Waals surface area contributed by atoms with Crippen LogP contribution in [0.15, 0.2) is 23.1 Å². The number of carbonyl (C=O) groups is 1. The molecular weight excluding hydrogens is 316 g/mol. The average molecular weight is 333 g/mol. The molecule has 1 aliphatic rings. The molecule has 2 rings (SSSR count). The molecule has 0 spiro atoms. The van der Waals surface area contributed by atoms with Crippen LogP contribution in [0.25, 0.3) is 0 Å². The van der Waals surface area contributed by atoms with Crippen molar-refractivity contribution in [2.45, 2.75) is 18.2 Å². The van der Waals surface area contributed by atoms with Crippen molar-refractivity contribution in [2.75, 3.05) is 31.6 Å². The van der Waals surface area contributed by atoms with E-state index in [0.29, 0.717) is 37.0 Å². The molecule has 1 aliphatic heterocycles. The summed E-state index contributed by atoms with van der Waals surface area (Å²) in [6, 6.07) is 4.30. The fraction of sp³-hybridized carbons (Fsp3) is 0.462. The zero-order valence-electron chi connectivity index (χ0n) is 11.6. The van der Waals surface area contributed by atoms with Gasteiger partial charge in [-0.05, 0) is 18.2 Å². The highest BCUT2D eigenvalue weighted by molar-refractivity contribution is 7.89. The Kier molecular flexibility index (Phi) is 5.21. The van der Waals surface area contributed by atoms with Crippen molar-refractivity contribution in [2.24, 2.45) is 0 Å². The summed E-state index contributed by atoms with van der Waals surface area (Å²) in [7, 11) is -3.60. The summed E-state index contributed by atoms with van der Waals surface area (Å²) in [6.45, 7) is 3.11. The first-order valence-electron chi connectivity index (χ1n) is 6.62. The van der Waals surface area contributed by atoms with E-state index in [-0.39, 0.29) is 17.2 Å². The maximum Gasteiger partial charge on any atom is 0.243 e. The normalized spacial score (nSPS) is 16.7. The van der Waals surface area contributed by atoms with Gasteiger partial charge in [-0.1, -0.05) is 18.5 Å². The van der Waals surface area contributed by atoms with Crippen LogP contribution in [0.4, 0.5) is 5.69 Å². The Morgan fingerprint density at radius 2 is 2.05 bits per heavy atom. The molecule has 0 atom stereocenters. The number of anilines is 1. The number of carbonyl (C=O) groups excluding carboxylic acids is 1. The molecule has 0 saturated carbocycles. The molecule has 0 aromatic heterocycles. The Hall–Kier alpha value is -1.15. The first kappa shape index (κ1) is 16.2. The van der Waals surface area contributed by atoms with Gasteiger partial charge in [-0.15, -0.1) is 0 Å². The molecule has 6 nitrogen and oxygen atoms in total. The zero-order chi connectivity index (χ0) is 15.5. The lowest BCUT2D eigenvalue weighted by Crippen LogP contribution is -2.40. The summed E-state index contributed by atoms with van der Waals surface area (Å²) < 4.78 is 31.6. The van der Waals surface area contributed by atoms with Crippen molar-refractivity contribution < 1.29 is 17.9 Å². The molecule has 116 valence electrons. The second-order valence-corrected chi connectivity index (χ2v) is 6.90. The minimum Gasteiger partial charge on any atom is -0.379 e. The first-order valence-corrected chi connectivity index (χ1v) is 8.44. The van der Waals surface area contributed by atoms with Crippen LogP contribution >= 0.6 is 11.6 Å². The molecule has 0 unspecified atom stereocenters. The Bertz CT molecular complexity index is 627. The summed E-state index contributed by atoms with van der Waals surface area (Å²) >= 11 is 5.99. The molecule has 1 saturated heterocycles. The smallest absolute Gasteiger partial charge is 0.243 e. The van der Waals surface area contributed by atoms with Gasteiger partial charge in [0.1, 0.15) is 0 Å². The number of halogens is 1. The van der Waals surface area contributed by atoms with Crippen LogP contribution in [0.5, 0.6) is 0 Å². The highest BCUT2D eigenvalue weighted by atomic mass is 35.5. The van der Waals surface area contributed by atoms with E-state index in [2.05, 4.69) is 5.32 Å². The van der Waals surface area contributed by atoms with E-state index >= 15 is 0 Å². The molecular formula is C13H17ClN2O4S. The minimum atomic E-state index is -3.60. The quantitative estimate of drug-likeness (QED) is 0.910. The second kappa shape index (κ2) is 6.74. The van der Waals surface area contributed by atoms with E-state index < -0.39 is 10.0 Å². The lowest BCUT2D eigenvalue weighted by atomic mass is 10.3. The number of sulfonamides is 1. The molecule has 1 heterocycles. The van der Waals surface area contributed by atoms with Crippen molar-refractivity contribution >= 4 is 33.2 Å². The van der Waals surface area contributed by atoms with Crippen LogP contribution in [0.1, 0.15) is 13.3 Å². The fourth-order valence-corrected chi connectivity index (χ4v) is 3.53. The molecule has 0 aliphatic carbocycles. The molecule has 1 aromatic rings. The molecule has 1 amide bonds.